The Balaban J connectivity index is 1.10. The van der Waals surface area contributed by atoms with Crippen LogP contribution in [0.4, 0.5) is 0 Å². The van der Waals surface area contributed by atoms with Gasteiger partial charge in [0.2, 0.25) is 15.9 Å². The van der Waals surface area contributed by atoms with Gasteiger partial charge >= 0.3 is 0 Å². The Morgan fingerprint density at radius 3 is 2.41 bits per heavy atom. The van der Waals surface area contributed by atoms with Crippen molar-refractivity contribution in [1.82, 2.24) is 19.3 Å². The Morgan fingerprint density at radius 1 is 1.00 bits per heavy atom. The van der Waals surface area contributed by atoms with E-state index >= 15 is 0 Å². The molecule has 0 unspecified atom stereocenters. The monoisotopic (exact) mass is 590 g/mol. The molecule has 1 aliphatic heterocycles. The van der Waals surface area contributed by atoms with Crippen LogP contribution in [0.1, 0.15) is 48.0 Å². The zero-order valence-corrected chi connectivity index (χ0v) is 24.8. The molecule has 1 saturated heterocycles. The van der Waals surface area contributed by atoms with E-state index in [1.165, 1.54) is 9.87 Å². The molecule has 1 aliphatic carbocycles. The molecule has 1 saturated carbocycles. The van der Waals surface area contributed by atoms with Gasteiger partial charge in [0.1, 0.15) is 0 Å². The van der Waals surface area contributed by atoms with Crippen LogP contribution in [0.3, 0.4) is 0 Å². The van der Waals surface area contributed by atoms with E-state index in [2.05, 4.69) is 28.3 Å². The highest BCUT2D eigenvalue weighted by Crippen LogP contribution is 2.56. The first-order valence-corrected chi connectivity index (χ1v) is 16.0. The number of hydrogen-bond acceptors (Lipinski definition) is 6. The van der Waals surface area contributed by atoms with Crippen molar-refractivity contribution >= 4 is 21.6 Å². The molecule has 4 aromatic rings. The normalized spacial score (nSPS) is 21.8. The minimum absolute atomic E-state index is 0.266. The highest BCUT2D eigenvalue weighted by Gasteiger charge is 2.57. The molecule has 214 valence electrons. The third-order valence-electron chi connectivity index (χ3n) is 8.69. The van der Waals surface area contributed by atoms with Gasteiger partial charge in [-0.05, 0) is 73.7 Å². The summed E-state index contributed by atoms with van der Waals surface area (Å²) in [6.07, 6.45) is 3.53. The van der Waals surface area contributed by atoms with Gasteiger partial charge in [-0.15, -0.1) is 0 Å². The van der Waals surface area contributed by atoms with E-state index in [9.17, 15) is 8.42 Å². The molecule has 6 rings (SSSR count). The fourth-order valence-corrected chi connectivity index (χ4v) is 7.72. The molecule has 41 heavy (non-hydrogen) atoms. The Kier molecular flexibility index (Phi) is 8.01. The average Bonchev–Trinajstić information content (AvgIpc) is 3.47. The van der Waals surface area contributed by atoms with Gasteiger partial charge < -0.3 is 9.42 Å². The van der Waals surface area contributed by atoms with Crippen LogP contribution in [0.5, 0.6) is 0 Å². The largest absolute Gasteiger partial charge is 0.339 e. The number of halogens is 1. The third kappa shape index (κ3) is 6.11. The molecule has 0 spiro atoms. The number of rotatable bonds is 10. The van der Waals surface area contributed by atoms with Crippen LogP contribution >= 0.6 is 11.6 Å². The summed E-state index contributed by atoms with van der Waals surface area (Å²) in [5, 5.41) is 4.90. The van der Waals surface area contributed by atoms with Crippen molar-refractivity contribution in [1.29, 1.82) is 0 Å². The summed E-state index contributed by atoms with van der Waals surface area (Å²) in [6, 6.07) is 26.8. The molecule has 7 nitrogen and oxygen atoms in total. The van der Waals surface area contributed by atoms with Gasteiger partial charge in [-0.25, -0.2) is 12.7 Å². The number of aromatic nitrogens is 2. The lowest BCUT2D eigenvalue weighted by Crippen LogP contribution is -2.39. The first-order valence-electron chi connectivity index (χ1n) is 14.2. The molecule has 2 heterocycles. The first-order chi connectivity index (χ1) is 19.8. The van der Waals surface area contributed by atoms with Crippen LogP contribution in [0.25, 0.3) is 0 Å². The lowest BCUT2D eigenvalue weighted by molar-refractivity contribution is 0.182. The number of likely N-dealkylation sites (N-methyl/N-ethyl adjacent to an activating group) is 1. The number of piperidine rings is 1. The summed E-state index contributed by atoms with van der Waals surface area (Å²) in [5.74, 6) is 2.07. The SMILES string of the molecule is CN(C[C@@]1(c2cccc(Cl)c2)C[C@H]1CN1CCC(c2nc(Cc3ccccc3)no2)CC1)S(=O)(=O)c1ccccc1. The highest BCUT2D eigenvalue weighted by atomic mass is 35.5. The number of nitrogens with zero attached hydrogens (tertiary/aromatic N) is 4. The van der Waals surface area contributed by atoms with Crippen LogP contribution in [-0.2, 0) is 21.9 Å². The fourth-order valence-electron chi connectivity index (χ4n) is 6.27. The first kappa shape index (κ1) is 28.1. The zero-order valence-electron chi connectivity index (χ0n) is 23.2. The lowest BCUT2D eigenvalue weighted by Gasteiger charge is -2.32. The molecular formula is C32H35ClN4O3S. The Labute approximate surface area is 247 Å². The number of likely N-dealkylation sites (tertiary alicyclic amines) is 1. The summed E-state index contributed by atoms with van der Waals surface area (Å²) in [4.78, 5) is 7.52. The zero-order chi connectivity index (χ0) is 28.5. The van der Waals surface area contributed by atoms with Crippen molar-refractivity contribution in [3.63, 3.8) is 0 Å². The van der Waals surface area contributed by atoms with Crippen LogP contribution in [0.15, 0.2) is 94.3 Å². The topological polar surface area (TPSA) is 79.5 Å². The van der Waals surface area contributed by atoms with Gasteiger partial charge in [0.15, 0.2) is 5.82 Å². The molecule has 9 heteroatoms. The minimum Gasteiger partial charge on any atom is -0.339 e. The highest BCUT2D eigenvalue weighted by molar-refractivity contribution is 7.89. The van der Waals surface area contributed by atoms with Gasteiger partial charge in [-0.2, -0.15) is 4.98 Å². The van der Waals surface area contributed by atoms with E-state index in [1.54, 1.807) is 31.3 Å². The number of sulfonamides is 1. The van der Waals surface area contributed by atoms with Crippen LogP contribution in [0.2, 0.25) is 5.02 Å². The molecule has 0 N–H and O–H groups in total. The molecule has 0 radical (unpaired) electrons. The molecular weight excluding hydrogens is 556 g/mol. The van der Waals surface area contributed by atoms with Gasteiger partial charge in [0.25, 0.3) is 0 Å². The number of hydrogen-bond donors (Lipinski definition) is 0. The maximum Gasteiger partial charge on any atom is 0.242 e. The Bertz CT molecular complexity index is 1570. The van der Waals surface area contributed by atoms with Crippen molar-refractivity contribution in [2.24, 2.45) is 5.92 Å². The van der Waals surface area contributed by atoms with E-state index in [4.69, 9.17) is 21.1 Å². The van der Waals surface area contributed by atoms with Gasteiger partial charge in [-0.3, -0.25) is 0 Å². The van der Waals surface area contributed by atoms with E-state index in [0.717, 1.165) is 56.2 Å². The molecule has 1 aromatic heterocycles. The fraction of sp³-hybridized carbons (Fsp3) is 0.375. The van der Waals surface area contributed by atoms with Gasteiger partial charge in [0.05, 0.1) is 4.90 Å². The lowest BCUT2D eigenvalue weighted by atomic mass is 9.92. The number of benzene rings is 3. The molecule has 2 fully saturated rings. The van der Waals surface area contributed by atoms with Crippen LogP contribution in [0, 0.1) is 5.92 Å². The molecule has 0 bridgehead atoms. The molecule has 3 aromatic carbocycles. The van der Waals surface area contributed by atoms with Crippen molar-refractivity contribution in [2.75, 3.05) is 33.2 Å². The predicted octanol–water partition coefficient (Wildman–Crippen LogP) is 5.77. The second-order valence-electron chi connectivity index (χ2n) is 11.4. The summed E-state index contributed by atoms with van der Waals surface area (Å²) in [5.41, 5.74) is 2.01. The second-order valence-corrected chi connectivity index (χ2v) is 13.9. The standard InChI is InChI=1S/C32H35ClN4O3S/c1-36(41(38,39)29-13-6-3-7-14-29)23-32(26-11-8-12-28(33)20-26)21-27(32)22-37-17-15-25(16-18-37)31-34-30(35-40-31)19-24-9-4-2-5-10-24/h2-14,20,25,27H,15-19,21-23H2,1H3/t27-,32+/m0/s1. The predicted molar refractivity (Wildman–Crippen MR) is 159 cm³/mol. The van der Waals surface area contributed by atoms with Crippen molar-refractivity contribution < 1.29 is 12.9 Å². The van der Waals surface area contributed by atoms with E-state index < -0.39 is 10.0 Å². The van der Waals surface area contributed by atoms with Gasteiger partial charge in [0, 0.05) is 42.9 Å². The van der Waals surface area contributed by atoms with Crippen molar-refractivity contribution in [2.45, 2.75) is 41.9 Å². The second kappa shape index (κ2) is 11.7. The maximum atomic E-state index is 13.4. The average molecular weight is 591 g/mol. The van der Waals surface area contributed by atoms with Crippen molar-refractivity contribution in [3.05, 3.63) is 113 Å². The van der Waals surface area contributed by atoms with Gasteiger partial charge in [-0.1, -0.05) is 77.4 Å². The quantitative estimate of drug-likeness (QED) is 0.233. The summed E-state index contributed by atoms with van der Waals surface area (Å²) >= 11 is 6.40. The smallest absolute Gasteiger partial charge is 0.242 e. The Morgan fingerprint density at radius 2 is 1.71 bits per heavy atom. The maximum absolute atomic E-state index is 13.4. The molecule has 2 aliphatic rings. The van der Waals surface area contributed by atoms with E-state index in [1.807, 2.05) is 42.5 Å². The van der Waals surface area contributed by atoms with E-state index in [0.29, 0.717) is 28.8 Å². The van der Waals surface area contributed by atoms with E-state index in [-0.39, 0.29) is 11.3 Å². The Hall–Kier alpha value is -3.04. The minimum atomic E-state index is -3.60. The summed E-state index contributed by atoms with van der Waals surface area (Å²) in [6.45, 7) is 3.22. The van der Waals surface area contributed by atoms with Crippen LogP contribution < -0.4 is 0 Å². The molecule has 0 amide bonds. The summed E-state index contributed by atoms with van der Waals surface area (Å²) in [7, 11) is -1.91. The third-order valence-corrected chi connectivity index (χ3v) is 10.7. The summed E-state index contributed by atoms with van der Waals surface area (Å²) < 4.78 is 33.9. The molecule has 2 atom stereocenters. The van der Waals surface area contributed by atoms with Crippen molar-refractivity contribution in [3.8, 4) is 0 Å². The van der Waals surface area contributed by atoms with Crippen LogP contribution in [-0.4, -0.2) is 61.0 Å².